The van der Waals surface area contributed by atoms with E-state index in [1.54, 1.807) is 0 Å². The number of halogens is 1. The molecule has 2 nitrogen and oxygen atoms in total. The fourth-order valence-corrected chi connectivity index (χ4v) is 3.15. The number of rotatable bonds is 2. The molecule has 1 aliphatic heterocycles. The van der Waals surface area contributed by atoms with Crippen molar-refractivity contribution >= 4 is 15.9 Å². The highest BCUT2D eigenvalue weighted by atomic mass is 79.9. The number of phenols is 1. The zero-order valence-electron chi connectivity index (χ0n) is 10.5. The summed E-state index contributed by atoms with van der Waals surface area (Å²) >= 11 is 3.57. The molecule has 1 heterocycles. The first-order valence-corrected chi connectivity index (χ1v) is 7.07. The Hall–Kier alpha value is -0.540. The first-order chi connectivity index (χ1) is 8.09. The maximum Gasteiger partial charge on any atom is 0.122 e. The highest BCUT2D eigenvalue weighted by Gasteiger charge is 2.18. The molecule has 17 heavy (non-hydrogen) atoms. The number of hydrogen-bond acceptors (Lipinski definition) is 2. The van der Waals surface area contributed by atoms with Gasteiger partial charge in [0, 0.05) is 4.47 Å². The van der Waals surface area contributed by atoms with Crippen molar-refractivity contribution in [1.29, 1.82) is 0 Å². The van der Waals surface area contributed by atoms with Crippen LogP contribution >= 0.6 is 15.9 Å². The molecule has 1 aliphatic rings. The van der Waals surface area contributed by atoms with Crippen LogP contribution in [0, 0.1) is 19.8 Å². The SMILES string of the molecule is Cc1cc(Br)c(C)c(CC2CCCNC2)c1O. The van der Waals surface area contributed by atoms with E-state index in [2.05, 4.69) is 28.2 Å². The van der Waals surface area contributed by atoms with E-state index in [1.165, 1.54) is 18.4 Å². The van der Waals surface area contributed by atoms with Gasteiger partial charge in [-0.05, 0) is 74.9 Å². The van der Waals surface area contributed by atoms with Gasteiger partial charge in [0.15, 0.2) is 0 Å². The Kier molecular flexibility index (Phi) is 4.10. The minimum absolute atomic E-state index is 0.483. The first-order valence-electron chi connectivity index (χ1n) is 6.28. The predicted molar refractivity (Wildman–Crippen MR) is 74.6 cm³/mol. The van der Waals surface area contributed by atoms with Gasteiger partial charge >= 0.3 is 0 Å². The average molecular weight is 298 g/mol. The van der Waals surface area contributed by atoms with Crippen molar-refractivity contribution in [3.05, 3.63) is 27.2 Å². The van der Waals surface area contributed by atoms with E-state index in [0.717, 1.165) is 35.1 Å². The van der Waals surface area contributed by atoms with Crippen molar-refractivity contribution < 1.29 is 5.11 Å². The lowest BCUT2D eigenvalue weighted by Gasteiger charge is -2.24. The fraction of sp³-hybridized carbons (Fsp3) is 0.571. The summed E-state index contributed by atoms with van der Waals surface area (Å²) in [5.74, 6) is 1.14. The van der Waals surface area contributed by atoms with Crippen molar-refractivity contribution in [2.24, 2.45) is 5.92 Å². The Morgan fingerprint density at radius 1 is 1.47 bits per heavy atom. The smallest absolute Gasteiger partial charge is 0.122 e. The lowest BCUT2D eigenvalue weighted by molar-refractivity contribution is 0.368. The maximum atomic E-state index is 10.2. The molecule has 94 valence electrons. The van der Waals surface area contributed by atoms with E-state index in [-0.39, 0.29) is 0 Å². The molecular weight excluding hydrogens is 278 g/mol. The quantitative estimate of drug-likeness (QED) is 0.878. The summed E-state index contributed by atoms with van der Waals surface area (Å²) < 4.78 is 1.10. The number of benzene rings is 1. The van der Waals surface area contributed by atoms with Gasteiger partial charge in [-0.25, -0.2) is 0 Å². The molecule has 0 bridgehead atoms. The Balaban J connectivity index is 2.24. The summed E-state index contributed by atoms with van der Waals surface area (Å²) in [5.41, 5.74) is 3.26. The van der Waals surface area contributed by atoms with Gasteiger partial charge in [-0.15, -0.1) is 0 Å². The highest BCUT2D eigenvalue weighted by Crippen LogP contribution is 2.33. The lowest BCUT2D eigenvalue weighted by atomic mass is 9.89. The standard InChI is InChI=1S/C14H20BrNO/c1-9-6-13(15)10(2)12(14(9)17)7-11-4-3-5-16-8-11/h6,11,16-17H,3-5,7-8H2,1-2H3. The molecule has 1 fully saturated rings. The van der Waals surface area contributed by atoms with Crippen LogP contribution in [0.25, 0.3) is 0 Å². The number of hydrogen-bond donors (Lipinski definition) is 2. The van der Waals surface area contributed by atoms with Crippen LogP contribution in [0.1, 0.15) is 29.5 Å². The Labute approximate surface area is 112 Å². The van der Waals surface area contributed by atoms with E-state index in [4.69, 9.17) is 0 Å². The molecule has 0 aromatic heterocycles. The summed E-state index contributed by atoms with van der Waals surface area (Å²) in [5, 5.41) is 13.6. The zero-order chi connectivity index (χ0) is 12.4. The van der Waals surface area contributed by atoms with Crippen LogP contribution < -0.4 is 5.32 Å². The van der Waals surface area contributed by atoms with E-state index >= 15 is 0 Å². The molecule has 1 unspecified atom stereocenters. The summed E-state index contributed by atoms with van der Waals surface area (Å²) in [4.78, 5) is 0. The molecule has 1 saturated heterocycles. The number of phenolic OH excluding ortho intramolecular Hbond substituents is 1. The molecule has 0 spiro atoms. The molecule has 1 atom stereocenters. The van der Waals surface area contributed by atoms with Crippen LogP contribution in [0.3, 0.4) is 0 Å². The summed E-state index contributed by atoms with van der Waals surface area (Å²) in [6.45, 7) is 6.25. The van der Waals surface area contributed by atoms with E-state index in [0.29, 0.717) is 11.7 Å². The number of aryl methyl sites for hydroxylation is 1. The van der Waals surface area contributed by atoms with Crippen molar-refractivity contribution in [2.75, 3.05) is 13.1 Å². The largest absolute Gasteiger partial charge is 0.507 e. The summed E-state index contributed by atoms with van der Waals surface area (Å²) in [7, 11) is 0. The second kappa shape index (κ2) is 5.40. The second-order valence-electron chi connectivity index (χ2n) is 5.04. The van der Waals surface area contributed by atoms with Gasteiger partial charge in [0.2, 0.25) is 0 Å². The monoisotopic (exact) mass is 297 g/mol. The van der Waals surface area contributed by atoms with Crippen molar-refractivity contribution in [2.45, 2.75) is 33.1 Å². The molecule has 0 amide bonds. The van der Waals surface area contributed by atoms with Gasteiger partial charge in [0.05, 0.1) is 0 Å². The molecule has 0 radical (unpaired) electrons. The van der Waals surface area contributed by atoms with Crippen molar-refractivity contribution in [3.63, 3.8) is 0 Å². The number of piperidine rings is 1. The van der Waals surface area contributed by atoms with Crippen LogP contribution in [0.2, 0.25) is 0 Å². The fourth-order valence-electron chi connectivity index (χ4n) is 2.56. The van der Waals surface area contributed by atoms with Crippen LogP contribution in [0.5, 0.6) is 5.75 Å². The Morgan fingerprint density at radius 2 is 2.24 bits per heavy atom. The van der Waals surface area contributed by atoms with Crippen molar-refractivity contribution in [3.8, 4) is 5.75 Å². The average Bonchev–Trinajstić information content (AvgIpc) is 2.33. The normalized spacial score (nSPS) is 20.5. The van der Waals surface area contributed by atoms with E-state index in [9.17, 15) is 5.11 Å². The molecule has 0 saturated carbocycles. The summed E-state index contributed by atoms with van der Waals surface area (Å²) in [6, 6.07) is 1.99. The lowest BCUT2D eigenvalue weighted by Crippen LogP contribution is -2.31. The van der Waals surface area contributed by atoms with Gasteiger partial charge in [0.25, 0.3) is 0 Å². The van der Waals surface area contributed by atoms with Gasteiger partial charge in [-0.1, -0.05) is 15.9 Å². The number of nitrogens with one attached hydrogen (secondary N) is 1. The Bertz CT molecular complexity index is 385. The maximum absolute atomic E-state index is 10.2. The molecule has 1 aromatic carbocycles. The van der Waals surface area contributed by atoms with Crippen LogP contribution in [-0.4, -0.2) is 18.2 Å². The third kappa shape index (κ3) is 2.83. The molecular formula is C14H20BrNO. The van der Waals surface area contributed by atoms with Crippen LogP contribution in [0.15, 0.2) is 10.5 Å². The Morgan fingerprint density at radius 3 is 2.88 bits per heavy atom. The van der Waals surface area contributed by atoms with Crippen molar-refractivity contribution in [1.82, 2.24) is 5.32 Å². The van der Waals surface area contributed by atoms with Gasteiger partial charge in [0.1, 0.15) is 5.75 Å². The molecule has 0 aliphatic carbocycles. The van der Waals surface area contributed by atoms with Crippen LogP contribution in [0.4, 0.5) is 0 Å². The topological polar surface area (TPSA) is 32.3 Å². The van der Waals surface area contributed by atoms with Gasteiger partial charge in [-0.2, -0.15) is 0 Å². The third-order valence-electron chi connectivity index (χ3n) is 3.71. The third-order valence-corrected chi connectivity index (χ3v) is 4.53. The highest BCUT2D eigenvalue weighted by molar-refractivity contribution is 9.10. The van der Waals surface area contributed by atoms with Crippen LogP contribution in [-0.2, 0) is 6.42 Å². The molecule has 1 aromatic rings. The molecule has 3 heteroatoms. The predicted octanol–water partition coefficient (Wildman–Crippen LogP) is 3.31. The minimum Gasteiger partial charge on any atom is -0.507 e. The second-order valence-corrected chi connectivity index (χ2v) is 5.90. The van der Waals surface area contributed by atoms with E-state index < -0.39 is 0 Å². The minimum atomic E-state index is 0.483. The van der Waals surface area contributed by atoms with Gasteiger partial charge in [-0.3, -0.25) is 0 Å². The molecule has 2 rings (SSSR count). The number of aromatic hydroxyl groups is 1. The first kappa shape index (κ1) is 12.9. The summed E-state index contributed by atoms with van der Waals surface area (Å²) in [6.07, 6.45) is 3.49. The zero-order valence-corrected chi connectivity index (χ0v) is 12.1. The van der Waals surface area contributed by atoms with E-state index in [1.807, 2.05) is 13.0 Å². The molecule has 2 N–H and O–H groups in total. The van der Waals surface area contributed by atoms with Gasteiger partial charge < -0.3 is 10.4 Å².